The molecular weight excluding hydrogens is 274 g/mol. The zero-order chi connectivity index (χ0) is 15.2. The number of rotatable bonds is 6. The summed E-state index contributed by atoms with van der Waals surface area (Å²) in [5, 5.41) is 17.4. The van der Waals surface area contributed by atoms with Gasteiger partial charge >= 0.3 is 5.97 Å². The van der Waals surface area contributed by atoms with E-state index in [1.165, 1.54) is 0 Å². The predicted octanol–water partition coefficient (Wildman–Crippen LogP) is 0.203. The van der Waals surface area contributed by atoms with Gasteiger partial charge in [-0.2, -0.15) is 4.98 Å². The molecule has 0 aliphatic heterocycles. The van der Waals surface area contributed by atoms with Crippen LogP contribution in [-0.4, -0.2) is 38.2 Å². The van der Waals surface area contributed by atoms with Crippen molar-refractivity contribution in [2.24, 2.45) is 0 Å². The average molecular weight is 289 g/mol. The van der Waals surface area contributed by atoms with E-state index in [4.69, 9.17) is 10.8 Å². The number of carbonyl (C=O) groups is 2. The fourth-order valence-corrected chi connectivity index (χ4v) is 1.82. The number of benzene rings is 1. The van der Waals surface area contributed by atoms with E-state index in [0.29, 0.717) is 6.42 Å². The molecule has 8 heteroatoms. The highest BCUT2D eigenvalue weighted by Crippen LogP contribution is 2.06. The van der Waals surface area contributed by atoms with Crippen LogP contribution in [0.4, 0.5) is 5.95 Å². The zero-order valence-electron chi connectivity index (χ0n) is 11.1. The normalized spacial score (nSPS) is 11.8. The summed E-state index contributed by atoms with van der Waals surface area (Å²) >= 11 is 0. The summed E-state index contributed by atoms with van der Waals surface area (Å²) in [7, 11) is 0. The molecule has 2 aromatic rings. The molecule has 0 aliphatic carbocycles. The Labute approximate surface area is 120 Å². The Morgan fingerprint density at radius 1 is 1.33 bits per heavy atom. The molecule has 8 nitrogen and oxygen atoms in total. The summed E-state index contributed by atoms with van der Waals surface area (Å²) in [6.07, 6.45) is 0.811. The second-order valence-electron chi connectivity index (χ2n) is 4.43. The lowest BCUT2D eigenvalue weighted by Gasteiger charge is -2.13. The summed E-state index contributed by atoms with van der Waals surface area (Å²) < 4.78 is 0. The van der Waals surface area contributed by atoms with Gasteiger partial charge in [0.2, 0.25) is 11.8 Å². The number of nitrogen functional groups attached to an aromatic ring is 1. The highest BCUT2D eigenvalue weighted by atomic mass is 16.4. The second kappa shape index (κ2) is 6.51. The van der Waals surface area contributed by atoms with Crippen LogP contribution in [0.15, 0.2) is 30.3 Å². The number of hydrogen-bond acceptors (Lipinski definition) is 5. The Morgan fingerprint density at radius 2 is 2.05 bits per heavy atom. The average Bonchev–Trinajstić information content (AvgIpc) is 2.90. The molecule has 0 fully saturated rings. The van der Waals surface area contributed by atoms with Crippen molar-refractivity contribution < 1.29 is 14.7 Å². The van der Waals surface area contributed by atoms with Gasteiger partial charge in [-0.05, 0) is 18.4 Å². The van der Waals surface area contributed by atoms with Gasteiger partial charge < -0.3 is 16.2 Å². The highest BCUT2D eigenvalue weighted by molar-refractivity contribution is 5.93. The minimum atomic E-state index is -1.10. The number of aryl methyl sites for hydroxylation is 1. The molecule has 21 heavy (non-hydrogen) atoms. The highest BCUT2D eigenvalue weighted by Gasteiger charge is 2.22. The number of nitrogens with zero attached hydrogens (tertiary/aromatic N) is 2. The minimum absolute atomic E-state index is 0.0729. The van der Waals surface area contributed by atoms with E-state index >= 15 is 0 Å². The maximum absolute atomic E-state index is 11.8. The SMILES string of the molecule is Nc1n[nH]c(C(=O)N[C@@H](CCc2ccccc2)C(=O)O)n1. The van der Waals surface area contributed by atoms with Crippen LogP contribution in [0.3, 0.4) is 0 Å². The number of aromatic amines is 1. The molecular formula is C13H15N5O3. The van der Waals surface area contributed by atoms with Gasteiger partial charge in [0.05, 0.1) is 0 Å². The van der Waals surface area contributed by atoms with E-state index in [0.717, 1.165) is 5.56 Å². The van der Waals surface area contributed by atoms with Crippen molar-refractivity contribution in [1.29, 1.82) is 0 Å². The lowest BCUT2D eigenvalue weighted by atomic mass is 10.1. The smallest absolute Gasteiger partial charge is 0.326 e. The van der Waals surface area contributed by atoms with Gasteiger partial charge in [-0.1, -0.05) is 30.3 Å². The number of anilines is 1. The van der Waals surface area contributed by atoms with Crippen LogP contribution in [0.1, 0.15) is 22.6 Å². The Hall–Kier alpha value is -2.90. The number of hydrogen-bond donors (Lipinski definition) is 4. The summed E-state index contributed by atoms with van der Waals surface area (Å²) in [4.78, 5) is 26.7. The van der Waals surface area contributed by atoms with Gasteiger partial charge in [0.25, 0.3) is 5.91 Å². The number of nitrogens with one attached hydrogen (secondary N) is 2. The first-order valence-corrected chi connectivity index (χ1v) is 6.31. The summed E-state index contributed by atoms with van der Waals surface area (Å²) in [5.74, 6) is -1.94. The molecule has 5 N–H and O–H groups in total. The molecule has 0 saturated heterocycles. The Kier molecular flexibility index (Phi) is 4.50. The van der Waals surface area contributed by atoms with Crippen molar-refractivity contribution in [3.63, 3.8) is 0 Å². The predicted molar refractivity (Wildman–Crippen MR) is 74.4 cm³/mol. The minimum Gasteiger partial charge on any atom is -0.480 e. The first-order valence-electron chi connectivity index (χ1n) is 6.31. The number of H-pyrrole nitrogens is 1. The van der Waals surface area contributed by atoms with Gasteiger partial charge in [0.1, 0.15) is 6.04 Å². The third-order valence-electron chi connectivity index (χ3n) is 2.89. The van der Waals surface area contributed by atoms with E-state index < -0.39 is 17.9 Å². The number of aromatic nitrogens is 3. The lowest BCUT2D eigenvalue weighted by molar-refractivity contribution is -0.139. The molecule has 0 aliphatic rings. The van der Waals surface area contributed by atoms with E-state index in [2.05, 4.69) is 20.5 Å². The maximum Gasteiger partial charge on any atom is 0.326 e. The first-order chi connectivity index (χ1) is 10.1. The van der Waals surface area contributed by atoms with Gasteiger partial charge in [0, 0.05) is 0 Å². The summed E-state index contributed by atoms with van der Waals surface area (Å²) in [6, 6.07) is 8.43. The van der Waals surface area contributed by atoms with Crippen LogP contribution in [0.5, 0.6) is 0 Å². The van der Waals surface area contributed by atoms with Crippen LogP contribution in [-0.2, 0) is 11.2 Å². The molecule has 110 valence electrons. The van der Waals surface area contributed by atoms with Gasteiger partial charge in [-0.25, -0.2) is 4.79 Å². The number of carbonyl (C=O) groups excluding carboxylic acids is 1. The molecule has 1 heterocycles. The third-order valence-corrected chi connectivity index (χ3v) is 2.89. The molecule has 1 atom stereocenters. The van der Waals surface area contributed by atoms with Crippen LogP contribution in [0.2, 0.25) is 0 Å². The van der Waals surface area contributed by atoms with Crippen LogP contribution < -0.4 is 11.1 Å². The second-order valence-corrected chi connectivity index (χ2v) is 4.43. The number of carboxylic acids is 1. The van der Waals surface area contributed by atoms with E-state index in [9.17, 15) is 9.59 Å². The molecule has 0 spiro atoms. The van der Waals surface area contributed by atoms with E-state index in [1.807, 2.05) is 30.3 Å². The Morgan fingerprint density at radius 3 is 2.62 bits per heavy atom. The molecule has 0 unspecified atom stereocenters. The van der Waals surface area contributed by atoms with Crippen molar-refractivity contribution >= 4 is 17.8 Å². The standard InChI is InChI=1S/C13H15N5O3/c14-13-16-10(17-18-13)11(19)15-9(12(20)21)7-6-8-4-2-1-3-5-8/h1-5,9H,6-7H2,(H,15,19)(H,20,21)(H3,14,16,17,18)/t9-/m0/s1. The van der Waals surface area contributed by atoms with Crippen molar-refractivity contribution in [2.75, 3.05) is 5.73 Å². The largest absolute Gasteiger partial charge is 0.480 e. The van der Waals surface area contributed by atoms with Crippen molar-refractivity contribution in [3.05, 3.63) is 41.7 Å². The number of carboxylic acid groups (broad SMARTS) is 1. The monoisotopic (exact) mass is 289 g/mol. The fraction of sp³-hybridized carbons (Fsp3) is 0.231. The van der Waals surface area contributed by atoms with Crippen molar-refractivity contribution in [1.82, 2.24) is 20.5 Å². The van der Waals surface area contributed by atoms with Crippen LogP contribution >= 0.6 is 0 Å². The molecule has 0 radical (unpaired) electrons. The lowest BCUT2D eigenvalue weighted by Crippen LogP contribution is -2.41. The van der Waals surface area contributed by atoms with Gasteiger partial charge in [-0.15, -0.1) is 5.10 Å². The van der Waals surface area contributed by atoms with Gasteiger partial charge in [0.15, 0.2) is 0 Å². The molecule has 0 saturated carbocycles. The summed E-state index contributed by atoms with van der Waals surface area (Å²) in [6.45, 7) is 0. The van der Waals surface area contributed by atoms with Crippen molar-refractivity contribution in [2.45, 2.75) is 18.9 Å². The zero-order valence-corrected chi connectivity index (χ0v) is 11.1. The van der Waals surface area contributed by atoms with Gasteiger partial charge in [-0.3, -0.25) is 9.89 Å². The van der Waals surface area contributed by atoms with E-state index in [1.54, 1.807) is 0 Å². The molecule has 1 aromatic heterocycles. The Balaban J connectivity index is 1.96. The Bertz CT molecular complexity index is 626. The van der Waals surface area contributed by atoms with E-state index in [-0.39, 0.29) is 18.2 Å². The number of nitrogens with two attached hydrogens (primary N) is 1. The molecule has 1 aromatic carbocycles. The van der Waals surface area contributed by atoms with Crippen LogP contribution in [0, 0.1) is 0 Å². The molecule has 1 amide bonds. The third kappa shape index (κ3) is 4.03. The maximum atomic E-state index is 11.8. The van der Waals surface area contributed by atoms with Crippen LogP contribution in [0.25, 0.3) is 0 Å². The number of amides is 1. The fourth-order valence-electron chi connectivity index (χ4n) is 1.82. The molecule has 0 bridgehead atoms. The first kappa shape index (κ1) is 14.5. The topological polar surface area (TPSA) is 134 Å². The molecule has 2 rings (SSSR count). The summed E-state index contributed by atoms with van der Waals surface area (Å²) in [5.41, 5.74) is 6.29. The van der Waals surface area contributed by atoms with Crippen molar-refractivity contribution in [3.8, 4) is 0 Å². The number of aliphatic carboxylic acids is 1. The quantitative estimate of drug-likeness (QED) is 0.600.